The molecule has 3 aromatic carbocycles. The lowest BCUT2D eigenvalue weighted by Gasteiger charge is -2.41. The topological polar surface area (TPSA) is 91.6 Å². The zero-order valence-corrected chi connectivity index (χ0v) is 25.0. The number of benzene rings is 3. The first kappa shape index (κ1) is 33.9. The Kier molecular flexibility index (Phi) is 9.10. The first-order chi connectivity index (χ1) is 22.1. The number of aryl methyl sites for hydroxylation is 1. The molecule has 1 amide bonds. The van der Waals surface area contributed by atoms with Crippen LogP contribution in [0.15, 0.2) is 65.5 Å². The summed E-state index contributed by atoms with van der Waals surface area (Å²) < 4.78 is 101. The number of para-hydroxylation sites is 1. The number of hydrogen-bond donors (Lipinski definition) is 2. The zero-order chi connectivity index (χ0) is 34.3. The van der Waals surface area contributed by atoms with Crippen LogP contribution in [0, 0.1) is 5.41 Å². The van der Waals surface area contributed by atoms with Crippen molar-refractivity contribution in [1.29, 1.82) is 0 Å². The molecule has 0 radical (unpaired) electrons. The van der Waals surface area contributed by atoms with E-state index in [2.05, 4.69) is 5.32 Å². The Hall–Kier alpha value is -4.46. The van der Waals surface area contributed by atoms with Crippen molar-refractivity contribution in [2.75, 3.05) is 26.3 Å². The third-order valence-corrected chi connectivity index (χ3v) is 8.98. The van der Waals surface area contributed by atoms with Gasteiger partial charge in [0.05, 0.1) is 16.6 Å². The number of aliphatic carboxylic acids is 1. The minimum Gasteiger partial charge on any atom is -0.480 e. The van der Waals surface area contributed by atoms with Crippen LogP contribution in [-0.2, 0) is 29.2 Å². The fraction of sp³-hybridized carbons (Fsp3) is 0.364. The van der Waals surface area contributed by atoms with Gasteiger partial charge in [-0.15, -0.1) is 0 Å². The van der Waals surface area contributed by atoms with Crippen LogP contribution < -0.4 is 10.9 Å². The summed E-state index contributed by atoms with van der Waals surface area (Å²) in [6, 6.07) is 12.3. The van der Waals surface area contributed by atoms with Gasteiger partial charge in [-0.25, -0.2) is 9.18 Å². The second-order valence-corrected chi connectivity index (χ2v) is 11.6. The molecular formula is C33H30F7N3O4. The zero-order valence-electron chi connectivity index (χ0n) is 25.0. The maximum Gasteiger partial charge on any atom is 0.417 e. The molecule has 250 valence electrons. The third-order valence-electron chi connectivity index (χ3n) is 8.98. The van der Waals surface area contributed by atoms with Gasteiger partial charge in [-0.1, -0.05) is 54.6 Å². The number of carboxylic acids is 1. The molecule has 0 saturated carbocycles. The van der Waals surface area contributed by atoms with Crippen LogP contribution in [0.4, 0.5) is 30.7 Å². The molecule has 0 bridgehead atoms. The molecule has 1 aliphatic rings. The Balaban J connectivity index is 1.56. The largest absolute Gasteiger partial charge is 0.480 e. The van der Waals surface area contributed by atoms with Gasteiger partial charge in [0, 0.05) is 25.4 Å². The Morgan fingerprint density at radius 2 is 1.53 bits per heavy atom. The number of carbonyl (C=O) groups is 2. The van der Waals surface area contributed by atoms with Gasteiger partial charge in [0.15, 0.2) is 0 Å². The molecule has 0 unspecified atom stereocenters. The molecule has 4 aromatic rings. The molecule has 1 aliphatic heterocycles. The summed E-state index contributed by atoms with van der Waals surface area (Å²) in [5.41, 5.74) is -5.35. The fourth-order valence-corrected chi connectivity index (χ4v) is 6.45. The molecule has 1 aromatic heterocycles. The monoisotopic (exact) mass is 665 g/mol. The maximum absolute atomic E-state index is 14.6. The van der Waals surface area contributed by atoms with Crippen molar-refractivity contribution in [1.82, 2.24) is 14.8 Å². The number of carboxylic acid groups (broad SMARTS) is 1. The summed E-state index contributed by atoms with van der Waals surface area (Å²) in [6.45, 7) is -1.29. The van der Waals surface area contributed by atoms with Crippen molar-refractivity contribution < 1.29 is 45.4 Å². The highest BCUT2D eigenvalue weighted by molar-refractivity contribution is 6.02. The lowest BCUT2D eigenvalue weighted by molar-refractivity contribution is -0.233. The number of piperidine rings is 1. The number of likely N-dealkylation sites (tertiary alicyclic amines) is 1. The average Bonchev–Trinajstić information content (AvgIpc) is 3.01. The molecule has 1 saturated heterocycles. The Labute approximate surface area is 263 Å². The summed E-state index contributed by atoms with van der Waals surface area (Å²) in [5, 5.41) is 12.2. The van der Waals surface area contributed by atoms with Crippen molar-refractivity contribution in [2.24, 2.45) is 12.5 Å². The Morgan fingerprint density at radius 1 is 0.915 bits per heavy atom. The predicted octanol–water partition coefficient (Wildman–Crippen LogP) is 6.10. The highest BCUT2D eigenvalue weighted by Gasteiger charge is 2.61. The summed E-state index contributed by atoms with van der Waals surface area (Å²) in [7, 11) is 1.35. The number of hydrogen-bond acceptors (Lipinski definition) is 4. The normalized spacial score (nSPS) is 16.3. The minimum atomic E-state index is -5.02. The molecule has 0 spiro atoms. The van der Waals surface area contributed by atoms with Gasteiger partial charge in [-0.05, 0) is 53.9 Å². The molecule has 47 heavy (non-hydrogen) atoms. The van der Waals surface area contributed by atoms with Crippen LogP contribution in [0.5, 0.6) is 0 Å². The van der Waals surface area contributed by atoms with E-state index in [-0.39, 0.29) is 52.4 Å². The lowest BCUT2D eigenvalue weighted by atomic mass is 9.76. The lowest BCUT2D eigenvalue weighted by Crippen LogP contribution is -2.59. The van der Waals surface area contributed by atoms with Crippen molar-refractivity contribution in [2.45, 2.75) is 37.7 Å². The molecule has 0 aliphatic carbocycles. The number of nitrogens with zero attached hydrogens (tertiary/aromatic N) is 2. The van der Waals surface area contributed by atoms with Gasteiger partial charge in [0.2, 0.25) is 5.91 Å². The van der Waals surface area contributed by atoms with E-state index < -0.39 is 78.3 Å². The SMILES string of the molecule is Cn1c(=O)c(-c2cccc3c(C[C@H](NC(=O)C4(C(F)(F)F)CCN(CCF)CC4)C(=O)O)cccc23)c(C(F)(F)F)c2ccccc21. The van der Waals surface area contributed by atoms with Crippen LogP contribution in [0.2, 0.25) is 0 Å². The standard InChI is InChI=1S/C33H30F7N3O4/c1-42-25-11-3-2-7-23(25)27(32(35,36)37)26(28(42)44)22-10-5-8-20-19(6-4-9-21(20)22)18-24(29(45)46)41-30(47)31(33(38,39)40)12-15-43(16-13-31)17-14-34/h2-11,24H,12-18H2,1H3,(H,41,47)(H,45,46)/t24-/m0/s1. The van der Waals surface area contributed by atoms with E-state index in [4.69, 9.17) is 0 Å². The van der Waals surface area contributed by atoms with Crippen molar-refractivity contribution in [3.63, 3.8) is 0 Å². The quantitative estimate of drug-likeness (QED) is 0.222. The summed E-state index contributed by atoms with van der Waals surface area (Å²) in [4.78, 5) is 40.5. The van der Waals surface area contributed by atoms with E-state index in [1.165, 1.54) is 72.6 Å². The van der Waals surface area contributed by atoms with Crippen LogP contribution in [0.25, 0.3) is 32.8 Å². The maximum atomic E-state index is 14.6. The first-order valence-corrected chi connectivity index (χ1v) is 14.7. The summed E-state index contributed by atoms with van der Waals surface area (Å²) in [5.74, 6) is -3.14. The van der Waals surface area contributed by atoms with Gasteiger partial charge < -0.3 is 19.9 Å². The van der Waals surface area contributed by atoms with Crippen LogP contribution in [0.1, 0.15) is 24.0 Å². The number of halogens is 7. The van der Waals surface area contributed by atoms with Gasteiger partial charge in [0.1, 0.15) is 18.1 Å². The van der Waals surface area contributed by atoms with Gasteiger partial charge >= 0.3 is 18.3 Å². The number of alkyl halides is 7. The van der Waals surface area contributed by atoms with E-state index in [0.717, 1.165) is 4.57 Å². The highest BCUT2D eigenvalue weighted by atomic mass is 19.4. The summed E-state index contributed by atoms with van der Waals surface area (Å²) >= 11 is 0. The molecule has 2 heterocycles. The van der Waals surface area contributed by atoms with Crippen LogP contribution in [-0.4, -0.2) is 65.0 Å². The van der Waals surface area contributed by atoms with Crippen molar-refractivity contribution >= 4 is 33.6 Å². The number of pyridine rings is 1. The van der Waals surface area contributed by atoms with Crippen molar-refractivity contribution in [3.05, 3.63) is 82.1 Å². The number of rotatable bonds is 8. The second kappa shape index (κ2) is 12.6. The van der Waals surface area contributed by atoms with Gasteiger partial charge in [-0.3, -0.25) is 9.59 Å². The smallest absolute Gasteiger partial charge is 0.417 e. The number of fused-ring (bicyclic) bond motifs is 2. The Bertz CT molecular complexity index is 1890. The predicted molar refractivity (Wildman–Crippen MR) is 161 cm³/mol. The molecule has 14 heteroatoms. The van der Waals surface area contributed by atoms with Gasteiger partial charge in [-0.2, -0.15) is 26.3 Å². The molecule has 5 rings (SSSR count). The number of aromatic nitrogens is 1. The summed E-state index contributed by atoms with van der Waals surface area (Å²) in [6.07, 6.45) is -11.8. The number of nitrogens with one attached hydrogen (secondary N) is 1. The fourth-order valence-electron chi connectivity index (χ4n) is 6.45. The first-order valence-electron chi connectivity index (χ1n) is 14.7. The second-order valence-electron chi connectivity index (χ2n) is 11.6. The number of carbonyl (C=O) groups excluding carboxylic acids is 1. The molecular weight excluding hydrogens is 635 g/mol. The Morgan fingerprint density at radius 3 is 2.15 bits per heavy atom. The van der Waals surface area contributed by atoms with E-state index in [9.17, 15) is 50.2 Å². The average molecular weight is 666 g/mol. The van der Waals surface area contributed by atoms with Crippen molar-refractivity contribution in [3.8, 4) is 11.1 Å². The number of amides is 1. The van der Waals surface area contributed by atoms with E-state index >= 15 is 0 Å². The molecule has 2 N–H and O–H groups in total. The van der Waals surface area contributed by atoms with Crippen LogP contribution >= 0.6 is 0 Å². The van der Waals surface area contributed by atoms with Gasteiger partial charge in [0.25, 0.3) is 5.56 Å². The van der Waals surface area contributed by atoms with Crippen LogP contribution in [0.3, 0.4) is 0 Å². The molecule has 7 nitrogen and oxygen atoms in total. The van der Waals surface area contributed by atoms with E-state index in [1.54, 1.807) is 0 Å². The van der Waals surface area contributed by atoms with E-state index in [0.29, 0.717) is 0 Å². The highest BCUT2D eigenvalue weighted by Crippen LogP contribution is 2.47. The van der Waals surface area contributed by atoms with E-state index in [1.807, 2.05) is 0 Å². The molecule has 1 atom stereocenters. The molecule has 1 fully saturated rings. The third kappa shape index (κ3) is 6.18. The minimum absolute atomic E-state index is 0.0688.